The van der Waals surface area contributed by atoms with Crippen LogP contribution in [0, 0.1) is 12.8 Å². The van der Waals surface area contributed by atoms with Crippen LogP contribution < -0.4 is 5.32 Å². The molecule has 0 aliphatic carbocycles. The first-order chi connectivity index (χ1) is 10.9. The van der Waals surface area contributed by atoms with E-state index in [9.17, 15) is 14.4 Å². The Hall–Kier alpha value is -2.38. The van der Waals surface area contributed by atoms with Crippen LogP contribution in [0.3, 0.4) is 0 Å². The lowest BCUT2D eigenvalue weighted by atomic mass is 10.1. The second-order valence-corrected chi connectivity index (χ2v) is 6.00. The van der Waals surface area contributed by atoms with Crippen molar-refractivity contribution in [1.82, 2.24) is 20.5 Å². The van der Waals surface area contributed by atoms with E-state index in [0.717, 1.165) is 0 Å². The average molecular weight is 322 g/mol. The van der Waals surface area contributed by atoms with Crippen LogP contribution >= 0.6 is 0 Å². The minimum atomic E-state index is -0.374. The fourth-order valence-electron chi connectivity index (χ4n) is 2.39. The average Bonchev–Trinajstić information content (AvgIpc) is 3.12. The Balaban J connectivity index is 1.94. The number of aryl methyl sites for hydroxylation is 1. The Morgan fingerprint density at radius 2 is 2.00 bits per heavy atom. The highest BCUT2D eigenvalue weighted by Gasteiger charge is 2.32. The molecule has 3 amide bonds. The Kier molecular flexibility index (Phi) is 5.36. The van der Waals surface area contributed by atoms with Crippen molar-refractivity contribution in [3.05, 3.63) is 17.5 Å². The molecule has 23 heavy (non-hydrogen) atoms. The molecule has 1 saturated heterocycles. The van der Waals surface area contributed by atoms with Gasteiger partial charge in [0.2, 0.25) is 5.91 Å². The van der Waals surface area contributed by atoms with Crippen molar-refractivity contribution >= 4 is 17.7 Å². The van der Waals surface area contributed by atoms with Crippen molar-refractivity contribution < 1.29 is 18.9 Å². The molecule has 8 heteroatoms. The monoisotopic (exact) mass is 322 g/mol. The van der Waals surface area contributed by atoms with Crippen LogP contribution in [-0.2, 0) is 9.59 Å². The highest BCUT2D eigenvalue weighted by atomic mass is 16.5. The van der Waals surface area contributed by atoms with Gasteiger partial charge in [-0.05, 0) is 19.3 Å². The van der Waals surface area contributed by atoms with E-state index in [4.69, 9.17) is 4.52 Å². The van der Waals surface area contributed by atoms with Gasteiger partial charge in [0.05, 0.1) is 6.54 Å². The lowest BCUT2D eigenvalue weighted by molar-refractivity contribution is -0.141. The van der Waals surface area contributed by atoms with E-state index in [-0.39, 0.29) is 35.9 Å². The maximum Gasteiger partial charge on any atom is 0.294 e. The molecule has 1 N–H and O–H groups in total. The zero-order valence-electron chi connectivity index (χ0n) is 13.7. The van der Waals surface area contributed by atoms with E-state index in [1.807, 2.05) is 13.8 Å². The predicted octanol–water partition coefficient (Wildman–Crippen LogP) is 0.735. The van der Waals surface area contributed by atoms with Crippen molar-refractivity contribution in [1.29, 1.82) is 0 Å². The minimum absolute atomic E-state index is 0.118. The molecule has 0 unspecified atom stereocenters. The van der Waals surface area contributed by atoms with Gasteiger partial charge in [-0.25, -0.2) is 10.0 Å². The molecule has 0 bridgehead atoms. The zero-order valence-corrected chi connectivity index (χ0v) is 13.7. The number of carbonyl (C=O) groups is 3. The molecule has 2 rings (SSSR count). The Labute approximate surface area is 134 Å². The van der Waals surface area contributed by atoms with E-state index >= 15 is 0 Å². The molecule has 0 spiro atoms. The van der Waals surface area contributed by atoms with Gasteiger partial charge < -0.3 is 9.84 Å². The van der Waals surface area contributed by atoms with Crippen LogP contribution in [0.25, 0.3) is 0 Å². The third-order valence-electron chi connectivity index (χ3n) is 3.43. The van der Waals surface area contributed by atoms with Gasteiger partial charge >= 0.3 is 0 Å². The van der Waals surface area contributed by atoms with E-state index < -0.39 is 0 Å². The normalized spacial score (nSPS) is 14.4. The minimum Gasteiger partial charge on any atom is -0.361 e. The largest absolute Gasteiger partial charge is 0.361 e. The highest BCUT2D eigenvalue weighted by Crippen LogP contribution is 2.15. The SMILES string of the molecule is Cc1cc(C(=O)N2CCCN2C(=O)CNC(=O)CC(C)C)no1. The molecule has 0 radical (unpaired) electrons. The van der Waals surface area contributed by atoms with E-state index in [1.165, 1.54) is 16.1 Å². The molecule has 2 heterocycles. The molecule has 1 aromatic rings. The van der Waals surface area contributed by atoms with Crippen molar-refractivity contribution in [2.45, 2.75) is 33.6 Å². The lowest BCUT2D eigenvalue weighted by Gasteiger charge is -2.27. The lowest BCUT2D eigenvalue weighted by Crippen LogP contribution is -2.48. The van der Waals surface area contributed by atoms with E-state index in [1.54, 1.807) is 6.92 Å². The summed E-state index contributed by atoms with van der Waals surface area (Å²) in [7, 11) is 0. The summed E-state index contributed by atoms with van der Waals surface area (Å²) in [5, 5.41) is 9.00. The van der Waals surface area contributed by atoms with Crippen molar-refractivity contribution in [3.63, 3.8) is 0 Å². The molecule has 1 aromatic heterocycles. The van der Waals surface area contributed by atoms with Crippen LogP contribution in [0.2, 0.25) is 0 Å². The summed E-state index contributed by atoms with van der Waals surface area (Å²) in [5.41, 5.74) is 0.172. The summed E-state index contributed by atoms with van der Waals surface area (Å²) >= 11 is 0. The summed E-state index contributed by atoms with van der Waals surface area (Å²) in [6.07, 6.45) is 1.06. The maximum absolute atomic E-state index is 12.4. The summed E-state index contributed by atoms with van der Waals surface area (Å²) < 4.78 is 4.90. The van der Waals surface area contributed by atoms with E-state index in [0.29, 0.717) is 31.7 Å². The molecular formula is C15H22N4O4. The Morgan fingerprint density at radius 1 is 1.30 bits per heavy atom. The predicted molar refractivity (Wildman–Crippen MR) is 81.1 cm³/mol. The number of amides is 3. The Morgan fingerprint density at radius 3 is 2.61 bits per heavy atom. The number of aromatic nitrogens is 1. The summed E-state index contributed by atoms with van der Waals surface area (Å²) in [4.78, 5) is 36.3. The summed E-state index contributed by atoms with van der Waals surface area (Å²) in [6, 6.07) is 1.54. The number of carbonyl (C=O) groups excluding carboxylic acids is 3. The molecule has 1 aliphatic rings. The fraction of sp³-hybridized carbons (Fsp3) is 0.600. The topological polar surface area (TPSA) is 95.8 Å². The number of rotatable bonds is 5. The van der Waals surface area contributed by atoms with Gasteiger partial charge in [0.25, 0.3) is 11.8 Å². The molecule has 8 nitrogen and oxygen atoms in total. The van der Waals surface area contributed by atoms with Gasteiger partial charge in [0.1, 0.15) is 5.76 Å². The quantitative estimate of drug-likeness (QED) is 0.862. The maximum atomic E-state index is 12.4. The smallest absolute Gasteiger partial charge is 0.294 e. The number of nitrogens with zero attached hydrogens (tertiary/aromatic N) is 3. The van der Waals surface area contributed by atoms with Gasteiger partial charge in [-0.1, -0.05) is 19.0 Å². The van der Waals surface area contributed by atoms with E-state index in [2.05, 4.69) is 10.5 Å². The van der Waals surface area contributed by atoms with Gasteiger partial charge in [-0.15, -0.1) is 0 Å². The molecule has 126 valence electrons. The van der Waals surface area contributed by atoms with Gasteiger partial charge in [-0.3, -0.25) is 14.4 Å². The number of hydrogen-bond acceptors (Lipinski definition) is 5. The standard InChI is InChI=1S/C15H22N4O4/c1-10(2)7-13(20)16-9-14(21)18-5-4-6-19(18)15(22)12-8-11(3)23-17-12/h8,10H,4-7,9H2,1-3H3,(H,16,20). The first kappa shape index (κ1) is 17.0. The molecule has 0 saturated carbocycles. The third-order valence-corrected chi connectivity index (χ3v) is 3.43. The fourth-order valence-corrected chi connectivity index (χ4v) is 2.39. The molecule has 1 aliphatic heterocycles. The first-order valence-corrected chi connectivity index (χ1v) is 7.70. The van der Waals surface area contributed by atoms with Gasteiger partial charge in [0.15, 0.2) is 5.69 Å². The van der Waals surface area contributed by atoms with Crippen LogP contribution in [0.1, 0.15) is 42.9 Å². The number of hydrogen-bond donors (Lipinski definition) is 1. The van der Waals surface area contributed by atoms with Crippen LogP contribution in [0.5, 0.6) is 0 Å². The second kappa shape index (κ2) is 7.26. The van der Waals surface area contributed by atoms with Gasteiger partial charge in [0, 0.05) is 25.6 Å². The highest BCUT2D eigenvalue weighted by molar-refractivity contribution is 5.94. The second-order valence-electron chi connectivity index (χ2n) is 6.00. The van der Waals surface area contributed by atoms with Gasteiger partial charge in [-0.2, -0.15) is 0 Å². The van der Waals surface area contributed by atoms with Crippen LogP contribution in [0.15, 0.2) is 10.6 Å². The van der Waals surface area contributed by atoms with Crippen LogP contribution in [-0.4, -0.2) is 52.5 Å². The third kappa shape index (κ3) is 4.30. The van der Waals surface area contributed by atoms with Crippen molar-refractivity contribution in [2.24, 2.45) is 5.92 Å². The van der Waals surface area contributed by atoms with Crippen LogP contribution in [0.4, 0.5) is 0 Å². The van der Waals surface area contributed by atoms with Crippen molar-refractivity contribution in [3.8, 4) is 0 Å². The number of nitrogens with one attached hydrogen (secondary N) is 1. The summed E-state index contributed by atoms with van der Waals surface area (Å²) in [6.45, 7) is 6.33. The molecular weight excluding hydrogens is 300 g/mol. The Bertz CT molecular complexity index is 596. The number of hydrazine groups is 1. The molecule has 0 atom stereocenters. The zero-order chi connectivity index (χ0) is 17.0. The molecule has 0 aromatic carbocycles. The first-order valence-electron chi connectivity index (χ1n) is 7.70. The molecule has 1 fully saturated rings. The van der Waals surface area contributed by atoms with Crippen molar-refractivity contribution in [2.75, 3.05) is 19.6 Å². The summed E-state index contributed by atoms with van der Waals surface area (Å²) in [5.74, 6) is -0.0938.